The lowest BCUT2D eigenvalue weighted by Crippen LogP contribution is -2.08. The van der Waals surface area contributed by atoms with Crippen molar-refractivity contribution in [2.75, 3.05) is 0 Å². The number of alkyl halides is 2. The zero-order valence-corrected chi connectivity index (χ0v) is 21.7. The molecule has 7 nitrogen and oxygen atoms in total. The molecule has 198 valence electrons. The second kappa shape index (κ2) is 10.7. The summed E-state index contributed by atoms with van der Waals surface area (Å²) in [7, 11) is 1.84. The Hall–Kier alpha value is -4.55. The molecule has 5 aromatic rings. The molecule has 0 aliphatic heterocycles. The van der Waals surface area contributed by atoms with Crippen molar-refractivity contribution in [3.05, 3.63) is 89.7 Å². The smallest absolute Gasteiger partial charge is 0.387 e. The van der Waals surface area contributed by atoms with E-state index in [1.807, 2.05) is 86.3 Å². The molecular weight excluding hydrogens is 500 g/mol. The molecule has 0 bridgehead atoms. The molecular formula is C30H27F2N5O2. The molecule has 0 aliphatic carbocycles. The SMILES string of the molecule is CC(C)c1c(-c2cccc3nn(C[C@H](O)c4ccccc4)cc23)nc(-c2ccc(C#N)cc2OC(F)F)n1C. The van der Waals surface area contributed by atoms with Gasteiger partial charge in [-0.25, -0.2) is 4.98 Å². The zero-order chi connectivity index (χ0) is 27.7. The van der Waals surface area contributed by atoms with Crippen molar-refractivity contribution >= 4 is 10.9 Å². The van der Waals surface area contributed by atoms with Gasteiger partial charge in [0.25, 0.3) is 0 Å². The second-order valence-electron chi connectivity index (χ2n) is 9.60. The fourth-order valence-corrected chi connectivity index (χ4v) is 4.93. The number of fused-ring (bicyclic) bond motifs is 1. The van der Waals surface area contributed by atoms with Gasteiger partial charge in [-0.3, -0.25) is 4.68 Å². The topological polar surface area (TPSA) is 88.9 Å². The van der Waals surface area contributed by atoms with E-state index in [1.165, 1.54) is 6.07 Å². The Morgan fingerprint density at radius 2 is 1.79 bits per heavy atom. The third-order valence-corrected chi connectivity index (χ3v) is 6.65. The molecule has 1 atom stereocenters. The molecule has 0 aliphatic rings. The maximum absolute atomic E-state index is 13.2. The molecule has 2 heterocycles. The molecule has 0 saturated heterocycles. The minimum absolute atomic E-state index is 0.0503. The molecule has 0 spiro atoms. The monoisotopic (exact) mass is 527 g/mol. The van der Waals surface area contributed by atoms with Crippen molar-refractivity contribution in [3.8, 4) is 34.5 Å². The number of benzene rings is 3. The molecule has 2 aromatic heterocycles. The van der Waals surface area contributed by atoms with Crippen LogP contribution in [0.15, 0.2) is 72.9 Å². The lowest BCUT2D eigenvalue weighted by Gasteiger charge is -2.13. The van der Waals surface area contributed by atoms with Gasteiger partial charge >= 0.3 is 6.61 Å². The number of ether oxygens (including phenoxy) is 1. The first-order chi connectivity index (χ1) is 18.8. The van der Waals surface area contributed by atoms with Gasteiger partial charge in [0.1, 0.15) is 11.6 Å². The Labute approximate surface area is 224 Å². The minimum Gasteiger partial charge on any atom is -0.434 e. The van der Waals surface area contributed by atoms with Crippen LogP contribution < -0.4 is 4.74 Å². The van der Waals surface area contributed by atoms with Crippen molar-refractivity contribution in [3.63, 3.8) is 0 Å². The Balaban J connectivity index is 1.62. The number of hydrogen-bond donors (Lipinski definition) is 1. The molecule has 0 fully saturated rings. The standard InChI is InChI=1S/C30H27F2N5O2/c1-18(2)28-27(34-29(36(28)3)22-13-12-19(15-33)14-26(22)39-30(31)32)21-10-7-11-24-23(21)16-37(35-24)17-25(38)20-8-5-4-6-9-20/h4-14,16,18,25,30,38H,17H2,1-3H3/t25-/m0/s1. The number of aromatic nitrogens is 4. The van der Waals surface area contributed by atoms with Crippen molar-refractivity contribution in [1.29, 1.82) is 5.26 Å². The number of halogens is 2. The van der Waals surface area contributed by atoms with E-state index in [4.69, 9.17) is 9.72 Å². The lowest BCUT2D eigenvalue weighted by atomic mass is 10.0. The van der Waals surface area contributed by atoms with Crippen LogP contribution in [0.2, 0.25) is 0 Å². The number of imidazole rings is 1. The van der Waals surface area contributed by atoms with Gasteiger partial charge < -0.3 is 14.4 Å². The van der Waals surface area contributed by atoms with Crippen LogP contribution in [-0.2, 0) is 13.6 Å². The highest BCUT2D eigenvalue weighted by Gasteiger charge is 2.24. The van der Waals surface area contributed by atoms with Crippen molar-refractivity contribution in [2.45, 2.75) is 39.0 Å². The molecule has 3 aromatic carbocycles. The summed E-state index contributed by atoms with van der Waals surface area (Å²) in [6.45, 7) is 1.31. The summed E-state index contributed by atoms with van der Waals surface area (Å²) in [5.74, 6) is 0.381. The first-order valence-electron chi connectivity index (χ1n) is 12.5. The Kier molecular flexibility index (Phi) is 7.13. The maximum atomic E-state index is 13.2. The van der Waals surface area contributed by atoms with Crippen LogP contribution in [0.3, 0.4) is 0 Å². The zero-order valence-electron chi connectivity index (χ0n) is 21.7. The largest absolute Gasteiger partial charge is 0.434 e. The van der Waals surface area contributed by atoms with Crippen LogP contribution in [0.4, 0.5) is 8.78 Å². The highest BCUT2D eigenvalue weighted by molar-refractivity contribution is 5.94. The predicted octanol–water partition coefficient (Wildman–Crippen LogP) is 6.43. The van der Waals surface area contributed by atoms with Crippen LogP contribution in [0.1, 0.15) is 42.7 Å². The molecule has 39 heavy (non-hydrogen) atoms. The highest BCUT2D eigenvalue weighted by atomic mass is 19.3. The summed E-state index contributed by atoms with van der Waals surface area (Å²) in [6, 6.07) is 21.6. The van der Waals surface area contributed by atoms with Gasteiger partial charge in [0.05, 0.1) is 41.1 Å². The molecule has 1 N–H and O–H groups in total. The minimum atomic E-state index is -3.05. The summed E-state index contributed by atoms with van der Waals surface area (Å²) in [6.07, 6.45) is 1.17. The van der Waals surface area contributed by atoms with Gasteiger partial charge in [0, 0.05) is 29.9 Å². The van der Waals surface area contributed by atoms with E-state index >= 15 is 0 Å². The van der Waals surface area contributed by atoms with E-state index in [2.05, 4.69) is 5.10 Å². The average molecular weight is 528 g/mol. The van der Waals surface area contributed by atoms with E-state index in [0.29, 0.717) is 17.1 Å². The fourth-order valence-electron chi connectivity index (χ4n) is 4.93. The Morgan fingerprint density at radius 3 is 2.49 bits per heavy atom. The van der Waals surface area contributed by atoms with Crippen molar-refractivity contribution in [1.82, 2.24) is 19.3 Å². The van der Waals surface area contributed by atoms with Crippen molar-refractivity contribution in [2.24, 2.45) is 7.05 Å². The number of rotatable bonds is 8. The normalized spacial score (nSPS) is 12.3. The molecule has 0 radical (unpaired) electrons. The Morgan fingerprint density at radius 1 is 1.03 bits per heavy atom. The van der Waals surface area contributed by atoms with Crippen LogP contribution in [0.25, 0.3) is 33.5 Å². The lowest BCUT2D eigenvalue weighted by molar-refractivity contribution is -0.0494. The summed E-state index contributed by atoms with van der Waals surface area (Å²) in [5, 5.41) is 25.5. The van der Waals surface area contributed by atoms with Gasteiger partial charge in [-0.1, -0.05) is 56.3 Å². The van der Waals surface area contributed by atoms with E-state index in [9.17, 15) is 19.1 Å². The third-order valence-electron chi connectivity index (χ3n) is 6.65. The van der Waals surface area contributed by atoms with E-state index in [1.54, 1.807) is 16.8 Å². The molecule has 0 unspecified atom stereocenters. The maximum Gasteiger partial charge on any atom is 0.387 e. The van der Waals surface area contributed by atoms with Crippen LogP contribution in [-0.4, -0.2) is 31.0 Å². The number of nitrogens with zero attached hydrogens (tertiary/aromatic N) is 5. The second-order valence-corrected chi connectivity index (χ2v) is 9.60. The predicted molar refractivity (Wildman–Crippen MR) is 144 cm³/mol. The van der Waals surface area contributed by atoms with Gasteiger partial charge in [-0.2, -0.15) is 19.1 Å². The Bertz CT molecular complexity index is 1670. The van der Waals surface area contributed by atoms with E-state index in [0.717, 1.165) is 27.7 Å². The first kappa shape index (κ1) is 26.1. The fraction of sp³-hybridized carbons (Fsp3) is 0.233. The number of nitriles is 1. The van der Waals surface area contributed by atoms with Crippen molar-refractivity contribution < 1.29 is 18.6 Å². The number of aliphatic hydroxyl groups excluding tert-OH is 1. The summed E-state index contributed by atoms with van der Waals surface area (Å²) in [4.78, 5) is 4.93. The average Bonchev–Trinajstić information content (AvgIpc) is 3.49. The summed E-state index contributed by atoms with van der Waals surface area (Å²) >= 11 is 0. The van der Waals surface area contributed by atoms with Crippen LogP contribution in [0, 0.1) is 11.3 Å². The van der Waals surface area contributed by atoms with E-state index < -0.39 is 12.7 Å². The summed E-state index contributed by atoms with van der Waals surface area (Å²) < 4.78 is 34.9. The van der Waals surface area contributed by atoms with Gasteiger partial charge in [0.2, 0.25) is 0 Å². The molecule has 0 saturated carbocycles. The quantitative estimate of drug-likeness (QED) is 0.251. The summed E-state index contributed by atoms with van der Waals surface area (Å²) in [5.41, 5.74) is 4.56. The first-order valence-corrected chi connectivity index (χ1v) is 12.5. The third kappa shape index (κ3) is 5.11. The highest BCUT2D eigenvalue weighted by Crippen LogP contribution is 2.39. The van der Waals surface area contributed by atoms with Gasteiger partial charge in [-0.15, -0.1) is 0 Å². The molecule has 0 amide bonds. The number of hydrogen-bond acceptors (Lipinski definition) is 5. The van der Waals surface area contributed by atoms with E-state index in [-0.39, 0.29) is 23.8 Å². The molecule has 9 heteroatoms. The molecule has 5 rings (SSSR count). The van der Waals surface area contributed by atoms with Gasteiger partial charge in [-0.05, 0) is 35.7 Å². The van der Waals surface area contributed by atoms with Crippen LogP contribution >= 0.6 is 0 Å². The van der Waals surface area contributed by atoms with Gasteiger partial charge in [0.15, 0.2) is 0 Å². The van der Waals surface area contributed by atoms with Crippen LogP contribution in [0.5, 0.6) is 5.75 Å². The number of aliphatic hydroxyl groups is 1.